The Labute approximate surface area is 172 Å². The molecule has 1 amide bonds. The van der Waals surface area contributed by atoms with Crippen molar-refractivity contribution < 1.29 is 9.32 Å². The fraction of sp³-hybridized carbons (Fsp3) is 0.609. The van der Waals surface area contributed by atoms with Gasteiger partial charge in [-0.15, -0.1) is 0 Å². The molecule has 1 atom stereocenters. The van der Waals surface area contributed by atoms with Crippen LogP contribution in [0.3, 0.4) is 0 Å². The Kier molecular flexibility index (Phi) is 5.36. The van der Waals surface area contributed by atoms with E-state index in [1.165, 1.54) is 31.4 Å². The number of hydrogen-bond donors (Lipinski definition) is 0. The maximum Gasteiger partial charge on any atom is 0.244 e. The number of rotatable bonds is 8. The van der Waals surface area contributed by atoms with Crippen molar-refractivity contribution in [1.29, 1.82) is 0 Å². The number of aryl methyl sites for hydroxylation is 1. The average Bonchev–Trinajstić information content (AvgIpc) is 3.18. The van der Waals surface area contributed by atoms with Crippen molar-refractivity contribution in [3.05, 3.63) is 47.6 Å². The van der Waals surface area contributed by atoms with Gasteiger partial charge in [0, 0.05) is 26.1 Å². The van der Waals surface area contributed by atoms with Crippen LogP contribution in [0.5, 0.6) is 0 Å². The second-order valence-electron chi connectivity index (χ2n) is 8.92. The van der Waals surface area contributed by atoms with Crippen molar-refractivity contribution in [3.63, 3.8) is 0 Å². The van der Waals surface area contributed by atoms with Crippen LogP contribution in [0.4, 0.5) is 0 Å². The zero-order chi connectivity index (χ0) is 19.6. The lowest BCUT2D eigenvalue weighted by Crippen LogP contribution is -2.48. The van der Waals surface area contributed by atoms with Crippen molar-refractivity contribution in [2.24, 2.45) is 5.92 Å². The SMILES string of the molecule is O=C(CCCc1ccccc1)N1CC(c2noc(C3CCCN3CC3CC3)n2)C1. The Morgan fingerprint density at radius 1 is 1.14 bits per heavy atom. The molecule has 5 rings (SSSR count). The first kappa shape index (κ1) is 18.8. The van der Waals surface area contributed by atoms with Gasteiger partial charge in [-0.3, -0.25) is 9.69 Å². The van der Waals surface area contributed by atoms with Crippen molar-refractivity contribution in [2.45, 2.75) is 56.9 Å². The van der Waals surface area contributed by atoms with Gasteiger partial charge in [-0.25, -0.2) is 0 Å². The molecule has 1 aromatic carbocycles. The monoisotopic (exact) mass is 394 g/mol. The van der Waals surface area contributed by atoms with Crippen molar-refractivity contribution >= 4 is 5.91 Å². The standard InChI is InChI=1S/C23H30N4O2/c28-21(10-4-8-17-6-2-1-3-7-17)27-15-19(16-27)22-24-23(29-25-22)20-9-5-13-26(20)14-18-11-12-18/h1-3,6-7,18-20H,4-5,8-16H2. The molecule has 2 aliphatic heterocycles. The van der Waals surface area contributed by atoms with Gasteiger partial charge in [0.15, 0.2) is 5.82 Å². The number of hydrogen-bond acceptors (Lipinski definition) is 5. The highest BCUT2D eigenvalue weighted by Crippen LogP contribution is 2.37. The van der Waals surface area contributed by atoms with Gasteiger partial charge in [0.25, 0.3) is 0 Å². The van der Waals surface area contributed by atoms with Crippen LogP contribution in [0, 0.1) is 5.92 Å². The first-order chi connectivity index (χ1) is 14.3. The lowest BCUT2D eigenvalue weighted by atomic mass is 9.98. The Bertz CT molecular complexity index is 826. The summed E-state index contributed by atoms with van der Waals surface area (Å²) in [5.74, 6) is 2.92. The van der Waals surface area contributed by atoms with E-state index in [1.54, 1.807) is 0 Å². The summed E-state index contributed by atoms with van der Waals surface area (Å²) in [6.45, 7) is 3.77. The van der Waals surface area contributed by atoms with E-state index in [-0.39, 0.29) is 11.8 Å². The first-order valence-electron chi connectivity index (χ1n) is 11.2. The normalized spacial score (nSPS) is 22.8. The maximum atomic E-state index is 12.4. The van der Waals surface area contributed by atoms with E-state index in [1.807, 2.05) is 23.1 Å². The van der Waals surface area contributed by atoms with Gasteiger partial charge in [-0.2, -0.15) is 4.98 Å². The predicted octanol–water partition coefficient (Wildman–Crippen LogP) is 3.57. The third kappa shape index (κ3) is 4.37. The molecule has 1 aliphatic carbocycles. The average molecular weight is 395 g/mol. The highest BCUT2D eigenvalue weighted by Gasteiger charge is 2.38. The number of carbonyl (C=O) groups is 1. The van der Waals surface area contributed by atoms with E-state index in [0.717, 1.165) is 56.5 Å². The molecule has 6 heteroatoms. The topological polar surface area (TPSA) is 62.5 Å². The van der Waals surface area contributed by atoms with E-state index >= 15 is 0 Å². The highest BCUT2D eigenvalue weighted by atomic mass is 16.5. The largest absolute Gasteiger partial charge is 0.341 e. The zero-order valence-electron chi connectivity index (χ0n) is 17.0. The fourth-order valence-corrected chi connectivity index (χ4v) is 4.60. The van der Waals surface area contributed by atoms with Crippen LogP contribution in [0.1, 0.15) is 67.8 Å². The number of aromatic nitrogens is 2. The minimum Gasteiger partial charge on any atom is -0.341 e. The van der Waals surface area contributed by atoms with Crippen molar-refractivity contribution in [3.8, 4) is 0 Å². The highest BCUT2D eigenvalue weighted by molar-refractivity contribution is 5.77. The van der Waals surface area contributed by atoms with Crippen LogP contribution in [0.15, 0.2) is 34.9 Å². The number of carbonyl (C=O) groups excluding carboxylic acids is 1. The summed E-state index contributed by atoms with van der Waals surface area (Å²) in [5, 5.41) is 4.26. The molecule has 3 aliphatic rings. The molecule has 6 nitrogen and oxygen atoms in total. The van der Waals surface area contributed by atoms with Crippen LogP contribution < -0.4 is 0 Å². The molecule has 2 saturated heterocycles. The summed E-state index contributed by atoms with van der Waals surface area (Å²) in [6.07, 6.45) is 7.53. The van der Waals surface area contributed by atoms with Crippen LogP contribution in [0.25, 0.3) is 0 Å². The van der Waals surface area contributed by atoms with Gasteiger partial charge in [-0.05, 0) is 56.6 Å². The van der Waals surface area contributed by atoms with E-state index in [0.29, 0.717) is 12.5 Å². The smallest absolute Gasteiger partial charge is 0.244 e. The molecule has 1 unspecified atom stereocenters. The van der Waals surface area contributed by atoms with Crippen molar-refractivity contribution in [2.75, 3.05) is 26.2 Å². The lowest BCUT2D eigenvalue weighted by molar-refractivity contribution is -0.135. The molecule has 3 heterocycles. The third-order valence-electron chi connectivity index (χ3n) is 6.59. The van der Waals surface area contributed by atoms with Gasteiger partial charge < -0.3 is 9.42 Å². The second kappa shape index (κ2) is 8.27. The van der Waals surface area contributed by atoms with Crippen LogP contribution >= 0.6 is 0 Å². The van der Waals surface area contributed by atoms with Gasteiger partial charge in [0.05, 0.1) is 12.0 Å². The summed E-state index contributed by atoms with van der Waals surface area (Å²) in [5.41, 5.74) is 1.30. The molecule has 1 saturated carbocycles. The minimum absolute atomic E-state index is 0.226. The van der Waals surface area contributed by atoms with Gasteiger partial charge >= 0.3 is 0 Å². The van der Waals surface area contributed by atoms with E-state index < -0.39 is 0 Å². The minimum atomic E-state index is 0.226. The van der Waals surface area contributed by atoms with Crippen LogP contribution in [-0.4, -0.2) is 52.0 Å². The van der Waals surface area contributed by atoms with Crippen LogP contribution in [-0.2, 0) is 11.2 Å². The molecule has 29 heavy (non-hydrogen) atoms. The molecule has 3 fully saturated rings. The maximum absolute atomic E-state index is 12.4. The molecule has 0 bridgehead atoms. The zero-order valence-corrected chi connectivity index (χ0v) is 17.0. The summed E-state index contributed by atoms with van der Waals surface area (Å²) in [4.78, 5) is 21.6. The number of amides is 1. The third-order valence-corrected chi connectivity index (χ3v) is 6.59. The summed E-state index contributed by atoms with van der Waals surface area (Å²) < 4.78 is 5.64. The van der Waals surface area contributed by atoms with Gasteiger partial charge in [-0.1, -0.05) is 35.5 Å². The molecule has 0 spiro atoms. The molecule has 0 radical (unpaired) electrons. The van der Waals surface area contributed by atoms with Crippen molar-refractivity contribution in [1.82, 2.24) is 19.9 Å². The van der Waals surface area contributed by atoms with E-state index in [9.17, 15) is 4.79 Å². The Hall–Kier alpha value is -2.21. The van der Waals surface area contributed by atoms with Gasteiger partial charge in [0.1, 0.15) is 0 Å². The summed E-state index contributed by atoms with van der Waals surface area (Å²) >= 11 is 0. The molecular weight excluding hydrogens is 364 g/mol. The Balaban J connectivity index is 1.08. The van der Waals surface area contributed by atoms with Gasteiger partial charge in [0.2, 0.25) is 11.8 Å². The molecule has 2 aromatic rings. The quantitative estimate of drug-likeness (QED) is 0.685. The first-order valence-corrected chi connectivity index (χ1v) is 11.2. The fourth-order valence-electron chi connectivity index (χ4n) is 4.60. The molecule has 154 valence electrons. The second-order valence-corrected chi connectivity index (χ2v) is 8.92. The summed E-state index contributed by atoms with van der Waals surface area (Å²) in [6, 6.07) is 10.7. The Morgan fingerprint density at radius 3 is 2.76 bits per heavy atom. The summed E-state index contributed by atoms with van der Waals surface area (Å²) in [7, 11) is 0. The molecule has 0 N–H and O–H groups in total. The molecule has 1 aromatic heterocycles. The number of nitrogens with zero attached hydrogens (tertiary/aromatic N) is 4. The van der Waals surface area contributed by atoms with E-state index in [2.05, 4.69) is 22.2 Å². The van der Waals surface area contributed by atoms with Crippen LogP contribution in [0.2, 0.25) is 0 Å². The van der Waals surface area contributed by atoms with E-state index in [4.69, 9.17) is 9.51 Å². The Morgan fingerprint density at radius 2 is 1.97 bits per heavy atom. The lowest BCUT2D eigenvalue weighted by Gasteiger charge is -2.37. The number of likely N-dealkylation sites (tertiary alicyclic amines) is 2. The molecular formula is C23H30N4O2. The number of benzene rings is 1. The predicted molar refractivity (Wildman–Crippen MR) is 109 cm³/mol.